The molecule has 1 aromatic carbocycles. The molecule has 0 radical (unpaired) electrons. The highest BCUT2D eigenvalue weighted by atomic mass is 16.5. The summed E-state index contributed by atoms with van der Waals surface area (Å²) in [7, 11) is 3.47. The lowest BCUT2D eigenvalue weighted by molar-refractivity contribution is -0.144. The Morgan fingerprint density at radius 3 is 2.72 bits per heavy atom. The molecule has 0 saturated carbocycles. The van der Waals surface area contributed by atoms with Crippen molar-refractivity contribution in [3.63, 3.8) is 0 Å². The van der Waals surface area contributed by atoms with Crippen LogP contribution in [0.25, 0.3) is 0 Å². The second-order valence-electron chi connectivity index (χ2n) is 3.91. The fourth-order valence-corrected chi connectivity index (χ4v) is 1.66. The van der Waals surface area contributed by atoms with E-state index in [1.807, 2.05) is 36.2 Å². The van der Waals surface area contributed by atoms with Crippen molar-refractivity contribution < 1.29 is 14.3 Å². The minimum Gasteiger partial charge on any atom is -0.495 e. The van der Waals surface area contributed by atoms with Crippen LogP contribution in [0.4, 0.5) is 5.69 Å². The van der Waals surface area contributed by atoms with E-state index in [0.29, 0.717) is 13.2 Å². The summed E-state index contributed by atoms with van der Waals surface area (Å²) in [5, 5.41) is 0. The summed E-state index contributed by atoms with van der Waals surface area (Å²) < 4.78 is 10.1. The molecule has 0 spiro atoms. The summed E-state index contributed by atoms with van der Waals surface area (Å²) in [6.45, 7) is 2.47. The Morgan fingerprint density at radius 1 is 1.44 bits per heavy atom. The lowest BCUT2D eigenvalue weighted by atomic mass is 10.2. The van der Waals surface area contributed by atoms with Crippen LogP contribution in [-0.4, -0.2) is 39.3 Å². The smallest absolute Gasteiger partial charge is 0.324 e. The maximum absolute atomic E-state index is 11.5. The van der Waals surface area contributed by atoms with Crippen LogP contribution in [0.2, 0.25) is 0 Å². The Morgan fingerprint density at radius 2 is 2.11 bits per heavy atom. The van der Waals surface area contributed by atoms with Crippen molar-refractivity contribution in [2.45, 2.75) is 13.0 Å². The van der Waals surface area contributed by atoms with E-state index < -0.39 is 6.04 Å². The third kappa shape index (κ3) is 3.63. The highest BCUT2D eigenvalue weighted by Gasteiger charge is 2.18. The predicted molar refractivity (Wildman–Crippen MR) is 70.9 cm³/mol. The molecule has 0 aliphatic rings. The van der Waals surface area contributed by atoms with Crippen LogP contribution in [-0.2, 0) is 9.53 Å². The number of carbonyl (C=O) groups is 1. The van der Waals surface area contributed by atoms with Crippen molar-refractivity contribution in [1.82, 2.24) is 0 Å². The lowest BCUT2D eigenvalue weighted by Gasteiger charge is -2.24. The van der Waals surface area contributed by atoms with Crippen molar-refractivity contribution in [3.05, 3.63) is 24.3 Å². The van der Waals surface area contributed by atoms with Gasteiger partial charge in [0.25, 0.3) is 0 Å². The van der Waals surface area contributed by atoms with Gasteiger partial charge in [-0.3, -0.25) is 4.79 Å². The number of carbonyl (C=O) groups excluding carboxylic acids is 1. The zero-order valence-corrected chi connectivity index (χ0v) is 11.1. The molecule has 0 amide bonds. The molecule has 0 aromatic heterocycles. The fourth-order valence-electron chi connectivity index (χ4n) is 1.66. The first-order valence-corrected chi connectivity index (χ1v) is 5.86. The van der Waals surface area contributed by atoms with Gasteiger partial charge in [0, 0.05) is 13.6 Å². The minimum absolute atomic E-state index is 0.338. The third-order valence-electron chi connectivity index (χ3n) is 2.56. The molecule has 5 heteroatoms. The zero-order valence-electron chi connectivity index (χ0n) is 11.1. The van der Waals surface area contributed by atoms with E-state index in [4.69, 9.17) is 15.2 Å². The molecule has 1 rings (SSSR count). The Hall–Kier alpha value is -1.75. The van der Waals surface area contributed by atoms with Gasteiger partial charge in [0.1, 0.15) is 11.8 Å². The number of methoxy groups -OCH3 is 1. The fraction of sp³-hybridized carbons (Fsp3) is 0.462. The molecular weight excluding hydrogens is 232 g/mol. The number of hydrogen-bond donors (Lipinski definition) is 1. The van der Waals surface area contributed by atoms with E-state index in [1.165, 1.54) is 0 Å². The monoisotopic (exact) mass is 252 g/mol. The molecule has 1 aromatic rings. The average molecular weight is 252 g/mol. The van der Waals surface area contributed by atoms with E-state index in [9.17, 15) is 4.79 Å². The van der Waals surface area contributed by atoms with E-state index in [-0.39, 0.29) is 5.97 Å². The number of nitrogens with two attached hydrogens (primary N) is 1. The first-order valence-electron chi connectivity index (χ1n) is 5.86. The van der Waals surface area contributed by atoms with E-state index in [2.05, 4.69) is 0 Å². The van der Waals surface area contributed by atoms with Crippen LogP contribution in [0.1, 0.15) is 6.92 Å². The Kier molecular flexibility index (Phi) is 5.45. The molecule has 1 unspecified atom stereocenters. The van der Waals surface area contributed by atoms with Crippen molar-refractivity contribution in [1.29, 1.82) is 0 Å². The molecule has 0 heterocycles. The van der Waals surface area contributed by atoms with Gasteiger partial charge < -0.3 is 20.1 Å². The van der Waals surface area contributed by atoms with Crippen molar-refractivity contribution in [2.75, 3.05) is 32.2 Å². The van der Waals surface area contributed by atoms with Crippen LogP contribution in [0.5, 0.6) is 5.75 Å². The van der Waals surface area contributed by atoms with Crippen molar-refractivity contribution >= 4 is 11.7 Å². The van der Waals surface area contributed by atoms with Gasteiger partial charge in [-0.1, -0.05) is 12.1 Å². The third-order valence-corrected chi connectivity index (χ3v) is 2.56. The van der Waals surface area contributed by atoms with Crippen molar-refractivity contribution in [2.24, 2.45) is 5.73 Å². The van der Waals surface area contributed by atoms with Gasteiger partial charge in [-0.15, -0.1) is 0 Å². The summed E-state index contributed by atoms with van der Waals surface area (Å²) in [5.41, 5.74) is 6.66. The summed E-state index contributed by atoms with van der Waals surface area (Å²) >= 11 is 0. The SMILES string of the molecule is CCOC(=O)C(N)CN(C)c1ccccc1OC. The topological polar surface area (TPSA) is 64.8 Å². The van der Waals surface area contributed by atoms with Crippen LogP contribution in [0, 0.1) is 0 Å². The van der Waals surface area contributed by atoms with E-state index >= 15 is 0 Å². The molecule has 0 aliphatic heterocycles. The maximum atomic E-state index is 11.5. The first kappa shape index (κ1) is 14.3. The van der Waals surface area contributed by atoms with E-state index in [1.54, 1.807) is 14.0 Å². The van der Waals surface area contributed by atoms with E-state index in [0.717, 1.165) is 11.4 Å². The number of para-hydroxylation sites is 2. The molecule has 5 nitrogen and oxygen atoms in total. The molecule has 100 valence electrons. The highest BCUT2D eigenvalue weighted by molar-refractivity contribution is 5.76. The maximum Gasteiger partial charge on any atom is 0.324 e. The summed E-state index contributed by atoms with van der Waals surface area (Å²) in [6, 6.07) is 6.91. The summed E-state index contributed by atoms with van der Waals surface area (Å²) in [4.78, 5) is 13.3. The summed E-state index contributed by atoms with van der Waals surface area (Å²) in [5.74, 6) is 0.357. The lowest BCUT2D eigenvalue weighted by Crippen LogP contribution is -2.42. The molecule has 0 saturated heterocycles. The number of benzene rings is 1. The molecular formula is C13H20N2O3. The van der Waals surface area contributed by atoms with Gasteiger partial charge in [-0.05, 0) is 19.1 Å². The van der Waals surface area contributed by atoms with Crippen LogP contribution in [0.15, 0.2) is 24.3 Å². The van der Waals surface area contributed by atoms with Gasteiger partial charge in [0.05, 0.1) is 19.4 Å². The summed E-state index contributed by atoms with van der Waals surface area (Å²) in [6.07, 6.45) is 0. The molecule has 18 heavy (non-hydrogen) atoms. The van der Waals surface area contributed by atoms with Crippen LogP contribution >= 0.6 is 0 Å². The first-order chi connectivity index (χ1) is 8.60. The Balaban J connectivity index is 2.70. The van der Waals surface area contributed by atoms with Gasteiger partial charge in [0.15, 0.2) is 0 Å². The largest absolute Gasteiger partial charge is 0.495 e. The Labute approximate surface area is 107 Å². The second-order valence-corrected chi connectivity index (χ2v) is 3.91. The van der Waals surface area contributed by atoms with Crippen LogP contribution in [0.3, 0.4) is 0 Å². The van der Waals surface area contributed by atoms with Gasteiger partial charge in [-0.25, -0.2) is 0 Å². The molecule has 0 fully saturated rings. The predicted octanol–water partition coefficient (Wildman–Crippen LogP) is 1.02. The highest BCUT2D eigenvalue weighted by Crippen LogP contribution is 2.26. The van der Waals surface area contributed by atoms with Gasteiger partial charge in [-0.2, -0.15) is 0 Å². The van der Waals surface area contributed by atoms with Gasteiger partial charge >= 0.3 is 5.97 Å². The number of likely N-dealkylation sites (N-methyl/N-ethyl adjacent to an activating group) is 1. The second kappa shape index (κ2) is 6.86. The molecule has 1 atom stereocenters. The standard InChI is InChI=1S/C13H20N2O3/c1-4-18-13(16)10(14)9-15(2)11-7-5-6-8-12(11)17-3/h5-8,10H,4,9,14H2,1-3H3. The molecule has 2 N–H and O–H groups in total. The number of nitrogens with zero attached hydrogens (tertiary/aromatic N) is 1. The Bertz CT molecular complexity index is 396. The normalized spacial score (nSPS) is 11.8. The number of hydrogen-bond acceptors (Lipinski definition) is 5. The number of esters is 1. The molecule has 0 bridgehead atoms. The zero-order chi connectivity index (χ0) is 13.5. The number of rotatable bonds is 6. The van der Waals surface area contributed by atoms with Gasteiger partial charge in [0.2, 0.25) is 0 Å². The van der Waals surface area contributed by atoms with Crippen molar-refractivity contribution in [3.8, 4) is 5.75 Å². The quantitative estimate of drug-likeness (QED) is 0.766. The number of anilines is 1. The number of ether oxygens (including phenoxy) is 2. The minimum atomic E-state index is -0.667. The van der Waals surface area contributed by atoms with Crippen LogP contribution < -0.4 is 15.4 Å². The average Bonchev–Trinajstić information content (AvgIpc) is 2.38. The molecule has 0 aliphatic carbocycles.